The van der Waals surface area contributed by atoms with Crippen molar-refractivity contribution in [1.82, 2.24) is 0 Å². The zero-order chi connectivity index (χ0) is 13.9. The maximum Gasteiger partial charge on any atom is 0.307 e. The minimum atomic E-state index is -0.584. The molecular formula is C17H20O3. The van der Waals surface area contributed by atoms with Crippen molar-refractivity contribution in [1.29, 1.82) is 0 Å². The van der Waals surface area contributed by atoms with Crippen molar-refractivity contribution >= 4 is 5.97 Å². The van der Waals surface area contributed by atoms with Crippen molar-refractivity contribution in [3.8, 4) is 5.75 Å². The molecule has 2 N–H and O–H groups in total. The SMILES string of the molecule is O=C(O)C1C2CC3CC1CC(c1ccc(O)cc1)(C3)C2. The van der Waals surface area contributed by atoms with E-state index in [2.05, 4.69) is 0 Å². The Hall–Kier alpha value is -1.51. The monoisotopic (exact) mass is 272 g/mol. The van der Waals surface area contributed by atoms with Crippen LogP contribution in [0, 0.1) is 23.7 Å². The highest BCUT2D eigenvalue weighted by molar-refractivity contribution is 5.71. The minimum absolute atomic E-state index is 0.114. The van der Waals surface area contributed by atoms with Gasteiger partial charge in [-0.15, -0.1) is 0 Å². The van der Waals surface area contributed by atoms with Crippen molar-refractivity contribution in [2.24, 2.45) is 23.7 Å². The molecule has 4 fully saturated rings. The van der Waals surface area contributed by atoms with Crippen LogP contribution in [0.3, 0.4) is 0 Å². The molecule has 0 saturated heterocycles. The molecular weight excluding hydrogens is 252 g/mol. The van der Waals surface area contributed by atoms with Gasteiger partial charge in [-0.3, -0.25) is 4.79 Å². The van der Waals surface area contributed by atoms with Gasteiger partial charge in [0, 0.05) is 0 Å². The molecule has 4 bridgehead atoms. The van der Waals surface area contributed by atoms with Crippen LogP contribution < -0.4 is 0 Å². The van der Waals surface area contributed by atoms with E-state index in [-0.39, 0.29) is 11.3 Å². The summed E-state index contributed by atoms with van der Waals surface area (Å²) >= 11 is 0. The summed E-state index contributed by atoms with van der Waals surface area (Å²) in [6, 6.07) is 7.61. The molecule has 0 heterocycles. The van der Waals surface area contributed by atoms with Gasteiger partial charge in [-0.2, -0.15) is 0 Å². The number of phenols is 1. The Bertz CT molecular complexity index is 532. The van der Waals surface area contributed by atoms with Crippen LogP contribution in [0.1, 0.15) is 37.7 Å². The molecule has 2 unspecified atom stereocenters. The van der Waals surface area contributed by atoms with E-state index in [0.717, 1.165) is 25.7 Å². The molecule has 4 saturated carbocycles. The highest BCUT2D eigenvalue weighted by atomic mass is 16.4. The summed E-state index contributed by atoms with van der Waals surface area (Å²) in [5.74, 6) is 1.02. The number of aliphatic carboxylic acids is 1. The summed E-state index contributed by atoms with van der Waals surface area (Å²) in [7, 11) is 0. The molecule has 106 valence electrons. The normalized spacial score (nSPS) is 41.8. The molecule has 4 aliphatic rings. The van der Waals surface area contributed by atoms with Crippen LogP contribution in [0.4, 0.5) is 0 Å². The number of carboxylic acids is 1. The number of aromatic hydroxyl groups is 1. The number of carboxylic acid groups (broad SMARTS) is 1. The topological polar surface area (TPSA) is 57.5 Å². The third-order valence-corrected chi connectivity index (χ3v) is 6.04. The summed E-state index contributed by atoms with van der Waals surface area (Å²) in [6.07, 6.45) is 5.45. The van der Waals surface area contributed by atoms with Crippen molar-refractivity contribution in [2.75, 3.05) is 0 Å². The second-order valence-corrected chi connectivity index (χ2v) is 7.16. The molecule has 5 rings (SSSR count). The molecule has 20 heavy (non-hydrogen) atoms. The third kappa shape index (κ3) is 1.62. The molecule has 0 radical (unpaired) electrons. The molecule has 3 nitrogen and oxygen atoms in total. The quantitative estimate of drug-likeness (QED) is 0.869. The molecule has 1 aromatic carbocycles. The summed E-state index contributed by atoms with van der Waals surface area (Å²) in [5.41, 5.74) is 1.48. The number of rotatable bonds is 2. The number of hydrogen-bond acceptors (Lipinski definition) is 2. The van der Waals surface area contributed by atoms with E-state index >= 15 is 0 Å². The summed E-state index contributed by atoms with van der Waals surface area (Å²) in [4.78, 5) is 11.5. The van der Waals surface area contributed by atoms with Gasteiger partial charge in [0.25, 0.3) is 0 Å². The summed E-state index contributed by atoms with van der Waals surface area (Å²) in [6.45, 7) is 0. The molecule has 0 aliphatic heterocycles. The lowest BCUT2D eigenvalue weighted by Gasteiger charge is -2.59. The molecule has 0 aromatic heterocycles. The highest BCUT2D eigenvalue weighted by Gasteiger charge is 2.57. The van der Waals surface area contributed by atoms with Crippen LogP contribution in [-0.2, 0) is 10.2 Å². The van der Waals surface area contributed by atoms with Crippen LogP contribution >= 0.6 is 0 Å². The lowest BCUT2D eigenvalue weighted by Crippen LogP contribution is -2.54. The fourth-order valence-electron chi connectivity index (χ4n) is 5.60. The average molecular weight is 272 g/mol. The second-order valence-electron chi connectivity index (χ2n) is 7.16. The Morgan fingerprint density at radius 3 is 2.20 bits per heavy atom. The van der Waals surface area contributed by atoms with E-state index in [0.29, 0.717) is 23.5 Å². The maximum absolute atomic E-state index is 11.5. The van der Waals surface area contributed by atoms with Crippen LogP contribution in [0.5, 0.6) is 5.75 Å². The van der Waals surface area contributed by atoms with Gasteiger partial charge >= 0.3 is 5.97 Å². The van der Waals surface area contributed by atoms with Crippen LogP contribution in [-0.4, -0.2) is 16.2 Å². The van der Waals surface area contributed by atoms with Gasteiger partial charge in [0.2, 0.25) is 0 Å². The van der Waals surface area contributed by atoms with E-state index in [4.69, 9.17) is 0 Å². The zero-order valence-electron chi connectivity index (χ0n) is 11.5. The number of phenolic OH excluding ortho intramolecular Hbond substituents is 1. The van der Waals surface area contributed by atoms with Crippen LogP contribution in [0.2, 0.25) is 0 Å². The third-order valence-electron chi connectivity index (χ3n) is 6.04. The maximum atomic E-state index is 11.5. The smallest absolute Gasteiger partial charge is 0.307 e. The summed E-state index contributed by atoms with van der Waals surface area (Å²) in [5, 5.41) is 19.0. The summed E-state index contributed by atoms with van der Waals surface area (Å²) < 4.78 is 0. The van der Waals surface area contributed by atoms with Gasteiger partial charge in [0.15, 0.2) is 0 Å². The van der Waals surface area contributed by atoms with Crippen LogP contribution in [0.15, 0.2) is 24.3 Å². The van der Waals surface area contributed by atoms with Crippen molar-refractivity contribution in [2.45, 2.75) is 37.5 Å². The second kappa shape index (κ2) is 4.00. The Morgan fingerprint density at radius 1 is 1.05 bits per heavy atom. The lowest BCUT2D eigenvalue weighted by atomic mass is 9.45. The van der Waals surface area contributed by atoms with Crippen LogP contribution in [0.25, 0.3) is 0 Å². The van der Waals surface area contributed by atoms with Gasteiger partial charge in [0.05, 0.1) is 5.92 Å². The zero-order valence-corrected chi connectivity index (χ0v) is 11.5. The first-order chi connectivity index (χ1) is 9.57. The van der Waals surface area contributed by atoms with Gasteiger partial charge in [-0.05, 0) is 73.0 Å². The van der Waals surface area contributed by atoms with E-state index in [1.165, 1.54) is 12.0 Å². The minimum Gasteiger partial charge on any atom is -0.508 e. The van der Waals surface area contributed by atoms with Gasteiger partial charge in [0.1, 0.15) is 5.75 Å². The predicted molar refractivity (Wildman–Crippen MR) is 74.5 cm³/mol. The molecule has 4 aliphatic carbocycles. The Kier molecular flexibility index (Phi) is 2.45. The Balaban J connectivity index is 1.72. The molecule has 0 spiro atoms. The highest BCUT2D eigenvalue weighted by Crippen LogP contribution is 2.62. The van der Waals surface area contributed by atoms with E-state index in [1.54, 1.807) is 12.1 Å². The number of carbonyl (C=O) groups is 1. The first-order valence-corrected chi connectivity index (χ1v) is 7.60. The Labute approximate surface area is 118 Å². The molecule has 0 amide bonds. The largest absolute Gasteiger partial charge is 0.508 e. The lowest BCUT2D eigenvalue weighted by molar-refractivity contribution is -0.157. The van der Waals surface area contributed by atoms with E-state index < -0.39 is 5.97 Å². The fraction of sp³-hybridized carbons (Fsp3) is 0.588. The molecule has 3 heteroatoms. The van der Waals surface area contributed by atoms with E-state index in [1.807, 2.05) is 12.1 Å². The van der Waals surface area contributed by atoms with Crippen molar-refractivity contribution < 1.29 is 15.0 Å². The van der Waals surface area contributed by atoms with Crippen molar-refractivity contribution in [3.63, 3.8) is 0 Å². The fourth-order valence-corrected chi connectivity index (χ4v) is 5.60. The first kappa shape index (κ1) is 12.2. The average Bonchev–Trinajstić information content (AvgIpc) is 2.37. The van der Waals surface area contributed by atoms with E-state index in [9.17, 15) is 15.0 Å². The van der Waals surface area contributed by atoms with Gasteiger partial charge in [-0.1, -0.05) is 12.1 Å². The van der Waals surface area contributed by atoms with Gasteiger partial charge < -0.3 is 10.2 Å². The predicted octanol–water partition coefficient (Wildman–Crippen LogP) is 3.17. The number of benzene rings is 1. The molecule has 1 aromatic rings. The standard InChI is InChI=1S/C17H20O3/c18-14-3-1-13(2-4-14)17-7-10-5-11(8-17)15(16(19)20)12(6-10)9-17/h1-4,10-12,15,18H,5-9H2,(H,19,20). The Morgan fingerprint density at radius 2 is 1.65 bits per heavy atom. The van der Waals surface area contributed by atoms with Gasteiger partial charge in [-0.25, -0.2) is 0 Å². The van der Waals surface area contributed by atoms with Crippen molar-refractivity contribution in [3.05, 3.63) is 29.8 Å². The first-order valence-electron chi connectivity index (χ1n) is 7.60. The molecule has 2 atom stereocenters. The number of hydrogen-bond donors (Lipinski definition) is 2.